The van der Waals surface area contributed by atoms with Crippen molar-refractivity contribution in [2.45, 2.75) is 0 Å². The van der Waals surface area contributed by atoms with Gasteiger partial charge in [0, 0.05) is 23.5 Å². The highest BCUT2D eigenvalue weighted by Gasteiger charge is 2.16. The van der Waals surface area contributed by atoms with Crippen molar-refractivity contribution in [1.82, 2.24) is 4.98 Å². The van der Waals surface area contributed by atoms with Crippen LogP contribution in [0.2, 0.25) is 0 Å². The van der Waals surface area contributed by atoms with E-state index in [1.54, 1.807) is 24.3 Å². The van der Waals surface area contributed by atoms with Crippen molar-refractivity contribution in [3.8, 4) is 11.5 Å². The van der Waals surface area contributed by atoms with Gasteiger partial charge in [0.05, 0.1) is 5.69 Å². The average Bonchev–Trinajstić information content (AvgIpc) is 3.17. The summed E-state index contributed by atoms with van der Waals surface area (Å²) in [5.41, 5.74) is 0.765. The van der Waals surface area contributed by atoms with Crippen LogP contribution in [0, 0.1) is 5.82 Å². The summed E-state index contributed by atoms with van der Waals surface area (Å²) < 4.78 is 24.2. The van der Waals surface area contributed by atoms with Crippen LogP contribution in [0.3, 0.4) is 0 Å². The molecule has 140 valence electrons. The largest absolute Gasteiger partial charge is 0.454 e. The van der Waals surface area contributed by atoms with Crippen molar-refractivity contribution in [1.29, 1.82) is 0 Å². The number of carbonyl (C=O) groups is 2. The van der Waals surface area contributed by atoms with E-state index in [0.717, 1.165) is 0 Å². The number of hydrogen-bond acceptors (Lipinski definition) is 5. The molecule has 0 radical (unpaired) electrons. The number of benzene rings is 2. The zero-order chi connectivity index (χ0) is 19.5. The number of fused-ring (bicyclic) bond motifs is 1. The zero-order valence-corrected chi connectivity index (χ0v) is 14.4. The number of nitrogens with one attached hydrogen (secondary N) is 2. The van der Waals surface area contributed by atoms with Gasteiger partial charge in [-0.2, -0.15) is 0 Å². The Labute approximate surface area is 159 Å². The molecule has 2 aromatic carbocycles. The fourth-order valence-electron chi connectivity index (χ4n) is 2.62. The molecule has 2 N–H and O–H groups in total. The summed E-state index contributed by atoms with van der Waals surface area (Å²) in [7, 11) is 0. The van der Waals surface area contributed by atoms with Crippen molar-refractivity contribution < 1.29 is 23.5 Å². The molecular formula is C20H14FN3O4. The molecule has 2 heterocycles. The summed E-state index contributed by atoms with van der Waals surface area (Å²) >= 11 is 0. The van der Waals surface area contributed by atoms with Gasteiger partial charge in [-0.05, 0) is 36.4 Å². The van der Waals surface area contributed by atoms with Crippen LogP contribution >= 0.6 is 0 Å². The highest BCUT2D eigenvalue weighted by Crippen LogP contribution is 2.34. The fraction of sp³-hybridized carbons (Fsp3) is 0.0500. The molecule has 2 amide bonds. The first-order valence-electron chi connectivity index (χ1n) is 8.33. The van der Waals surface area contributed by atoms with Crippen molar-refractivity contribution >= 4 is 23.2 Å². The number of ether oxygens (including phenoxy) is 2. The SMILES string of the molecule is O=C(Nc1ccccc1F)c1ccnc(C(=O)Nc2ccc3c(c2)OCO3)c1. The lowest BCUT2D eigenvalue weighted by molar-refractivity contribution is 0.102. The van der Waals surface area contributed by atoms with Gasteiger partial charge in [-0.15, -0.1) is 0 Å². The monoisotopic (exact) mass is 379 g/mol. The van der Waals surface area contributed by atoms with Crippen molar-refractivity contribution in [2.24, 2.45) is 0 Å². The van der Waals surface area contributed by atoms with Crippen LogP contribution in [0.15, 0.2) is 60.8 Å². The normalized spacial score (nSPS) is 11.8. The van der Waals surface area contributed by atoms with Gasteiger partial charge in [-0.1, -0.05) is 12.1 Å². The lowest BCUT2D eigenvalue weighted by atomic mass is 10.2. The van der Waals surface area contributed by atoms with E-state index in [-0.39, 0.29) is 23.7 Å². The highest BCUT2D eigenvalue weighted by molar-refractivity contribution is 6.07. The maximum absolute atomic E-state index is 13.7. The third kappa shape index (κ3) is 3.61. The van der Waals surface area contributed by atoms with Gasteiger partial charge in [-0.3, -0.25) is 14.6 Å². The Morgan fingerprint density at radius 3 is 2.61 bits per heavy atom. The summed E-state index contributed by atoms with van der Waals surface area (Å²) in [6.07, 6.45) is 1.34. The molecule has 0 atom stereocenters. The van der Waals surface area contributed by atoms with E-state index in [9.17, 15) is 14.0 Å². The van der Waals surface area contributed by atoms with Gasteiger partial charge in [0.2, 0.25) is 6.79 Å². The first kappa shape index (κ1) is 17.5. The topological polar surface area (TPSA) is 89.6 Å². The molecule has 4 rings (SSSR count). The number of anilines is 2. The maximum atomic E-state index is 13.7. The Morgan fingerprint density at radius 1 is 0.929 bits per heavy atom. The van der Waals surface area contributed by atoms with Crippen LogP contribution in [0.1, 0.15) is 20.8 Å². The lowest BCUT2D eigenvalue weighted by Crippen LogP contribution is -2.17. The predicted octanol–water partition coefficient (Wildman–Crippen LogP) is 3.45. The molecule has 0 aliphatic carbocycles. The third-order valence-electron chi connectivity index (χ3n) is 4.01. The van der Waals surface area contributed by atoms with Crippen molar-refractivity contribution in [3.05, 3.63) is 77.9 Å². The predicted molar refractivity (Wildman–Crippen MR) is 99.1 cm³/mol. The second kappa shape index (κ2) is 7.36. The molecule has 0 saturated carbocycles. The minimum Gasteiger partial charge on any atom is -0.454 e. The van der Waals surface area contributed by atoms with Crippen molar-refractivity contribution in [3.63, 3.8) is 0 Å². The molecule has 28 heavy (non-hydrogen) atoms. The molecule has 7 nitrogen and oxygen atoms in total. The van der Waals surface area contributed by atoms with Crippen molar-refractivity contribution in [2.75, 3.05) is 17.4 Å². The number of amides is 2. The molecule has 1 aliphatic heterocycles. The summed E-state index contributed by atoms with van der Waals surface area (Å²) in [6, 6.07) is 13.6. The van der Waals surface area contributed by atoms with Crippen LogP contribution in [0.4, 0.5) is 15.8 Å². The molecule has 1 aliphatic rings. The quantitative estimate of drug-likeness (QED) is 0.725. The number of pyridine rings is 1. The average molecular weight is 379 g/mol. The lowest BCUT2D eigenvalue weighted by Gasteiger charge is -2.08. The van der Waals surface area contributed by atoms with Gasteiger partial charge in [0.1, 0.15) is 11.5 Å². The van der Waals surface area contributed by atoms with Crippen LogP contribution in [0.5, 0.6) is 11.5 Å². The Kier molecular flexibility index (Phi) is 4.59. The minimum absolute atomic E-state index is 0.0406. The van der Waals surface area contributed by atoms with Gasteiger partial charge in [0.25, 0.3) is 11.8 Å². The molecule has 0 saturated heterocycles. The summed E-state index contributed by atoms with van der Waals surface area (Å²) in [6.45, 7) is 0.132. The van der Waals surface area contributed by atoms with Crippen LogP contribution in [-0.4, -0.2) is 23.6 Å². The molecule has 8 heteroatoms. The number of nitrogens with zero attached hydrogens (tertiary/aromatic N) is 1. The standard InChI is InChI=1S/C20H14FN3O4/c21-14-3-1-2-4-15(14)24-19(25)12-7-8-22-16(9-12)20(26)23-13-5-6-17-18(10-13)28-11-27-17/h1-10H,11H2,(H,23,26)(H,24,25). The maximum Gasteiger partial charge on any atom is 0.274 e. The zero-order valence-electron chi connectivity index (χ0n) is 14.4. The highest BCUT2D eigenvalue weighted by atomic mass is 19.1. The molecule has 0 bridgehead atoms. The number of aromatic nitrogens is 1. The van der Waals surface area contributed by atoms with E-state index in [2.05, 4.69) is 15.6 Å². The summed E-state index contributed by atoms with van der Waals surface area (Å²) in [4.78, 5) is 28.8. The Bertz CT molecular complexity index is 1070. The Hall–Kier alpha value is -3.94. The van der Waals surface area contributed by atoms with E-state index in [4.69, 9.17) is 9.47 Å². The Balaban J connectivity index is 1.49. The Morgan fingerprint density at radius 2 is 1.75 bits per heavy atom. The molecule has 0 spiro atoms. The van der Waals surface area contributed by atoms with E-state index < -0.39 is 17.6 Å². The number of rotatable bonds is 4. The van der Waals surface area contributed by atoms with Crippen LogP contribution < -0.4 is 20.1 Å². The molecular weight excluding hydrogens is 365 g/mol. The molecule has 1 aromatic heterocycles. The number of carbonyl (C=O) groups excluding carboxylic acids is 2. The first-order valence-corrected chi connectivity index (χ1v) is 8.33. The van der Waals surface area contributed by atoms with Gasteiger partial charge in [0.15, 0.2) is 11.5 Å². The molecule has 0 fully saturated rings. The molecule has 3 aromatic rings. The summed E-state index contributed by atoms with van der Waals surface area (Å²) in [5.74, 6) is -0.471. The first-order chi connectivity index (χ1) is 13.6. The van der Waals surface area contributed by atoms with Gasteiger partial charge >= 0.3 is 0 Å². The minimum atomic E-state index is -0.551. The number of para-hydroxylation sites is 1. The smallest absolute Gasteiger partial charge is 0.274 e. The number of hydrogen-bond donors (Lipinski definition) is 2. The van der Waals surface area contributed by atoms with E-state index >= 15 is 0 Å². The third-order valence-corrected chi connectivity index (χ3v) is 4.01. The van der Waals surface area contributed by atoms with Crippen LogP contribution in [-0.2, 0) is 0 Å². The van der Waals surface area contributed by atoms with Gasteiger partial charge in [-0.25, -0.2) is 4.39 Å². The molecule has 0 unspecified atom stereocenters. The van der Waals surface area contributed by atoms with E-state index in [0.29, 0.717) is 17.2 Å². The van der Waals surface area contributed by atoms with E-state index in [1.807, 2.05) is 0 Å². The number of halogens is 1. The van der Waals surface area contributed by atoms with E-state index in [1.165, 1.54) is 36.5 Å². The fourth-order valence-corrected chi connectivity index (χ4v) is 2.62. The van der Waals surface area contributed by atoms with Gasteiger partial charge < -0.3 is 20.1 Å². The van der Waals surface area contributed by atoms with Crippen LogP contribution in [0.25, 0.3) is 0 Å². The second-order valence-corrected chi connectivity index (χ2v) is 5.89. The second-order valence-electron chi connectivity index (χ2n) is 5.89. The summed E-state index contributed by atoms with van der Waals surface area (Å²) in [5, 5.41) is 5.15.